The summed E-state index contributed by atoms with van der Waals surface area (Å²) in [4.78, 5) is 12.6. The van der Waals surface area contributed by atoms with Crippen LogP contribution >= 0.6 is 11.6 Å². The van der Waals surface area contributed by atoms with Gasteiger partial charge in [0, 0.05) is 22.3 Å². The number of nitrogens with zero attached hydrogens (tertiary/aromatic N) is 3. The van der Waals surface area contributed by atoms with E-state index in [1.807, 2.05) is 91.1 Å². The molecule has 1 aromatic heterocycles. The molecule has 0 spiro atoms. The fourth-order valence-corrected chi connectivity index (χ4v) is 4.02. The minimum absolute atomic E-state index is 0.386. The number of halogens is 1. The first kappa shape index (κ1) is 26.7. The topological polar surface area (TPSA) is 77.7 Å². The van der Waals surface area contributed by atoms with Crippen LogP contribution in [0.4, 0.5) is 0 Å². The normalized spacial score (nSPS) is 11.8. The Morgan fingerprint density at radius 3 is 2.27 bits per heavy atom. The number of para-hydroxylation sites is 1. The van der Waals surface area contributed by atoms with E-state index in [1.165, 1.54) is 0 Å². The molecule has 0 aliphatic heterocycles. The van der Waals surface area contributed by atoms with E-state index in [4.69, 9.17) is 26.2 Å². The molecule has 5 rings (SSSR count). The Morgan fingerprint density at radius 1 is 0.925 bits per heavy atom. The molecule has 0 radical (unpaired) electrons. The number of nitrogens with one attached hydrogen (secondary N) is 1. The minimum Gasteiger partial charge on any atom is -0.489 e. The minimum atomic E-state index is -0.756. The van der Waals surface area contributed by atoms with E-state index in [0.29, 0.717) is 23.1 Å². The molecule has 0 aliphatic carbocycles. The molecule has 0 saturated heterocycles. The van der Waals surface area contributed by atoms with Crippen LogP contribution < -0.4 is 14.9 Å². The average Bonchev–Trinajstić information content (AvgIpc) is 3.42. The molecule has 40 heavy (non-hydrogen) atoms. The number of carbonyl (C=O) groups is 1. The van der Waals surface area contributed by atoms with Gasteiger partial charge in [-0.15, -0.1) is 0 Å². The molecule has 1 N–H and O–H groups in total. The maximum atomic E-state index is 12.6. The molecular formula is C32H27ClN4O3. The summed E-state index contributed by atoms with van der Waals surface area (Å²) in [6, 6.07) is 34.4. The highest BCUT2D eigenvalue weighted by Gasteiger charge is 2.15. The van der Waals surface area contributed by atoms with Gasteiger partial charge >= 0.3 is 0 Å². The van der Waals surface area contributed by atoms with E-state index in [1.54, 1.807) is 42.1 Å². The summed E-state index contributed by atoms with van der Waals surface area (Å²) in [5, 5.41) is 9.59. The van der Waals surface area contributed by atoms with Gasteiger partial charge < -0.3 is 9.47 Å². The Kier molecular flexibility index (Phi) is 8.53. The summed E-state index contributed by atoms with van der Waals surface area (Å²) in [7, 11) is 0. The fraction of sp³-hybridized carbons (Fsp3) is 0.0938. The molecule has 0 fully saturated rings. The highest BCUT2D eigenvalue weighted by Crippen LogP contribution is 2.25. The highest BCUT2D eigenvalue weighted by molar-refractivity contribution is 6.30. The van der Waals surface area contributed by atoms with Crippen molar-refractivity contribution in [3.63, 3.8) is 0 Å². The summed E-state index contributed by atoms with van der Waals surface area (Å²) >= 11 is 5.91. The van der Waals surface area contributed by atoms with Crippen LogP contribution in [0, 0.1) is 0 Å². The zero-order chi connectivity index (χ0) is 27.7. The average molecular weight is 551 g/mol. The summed E-state index contributed by atoms with van der Waals surface area (Å²) < 4.78 is 13.4. The first-order valence-electron chi connectivity index (χ1n) is 12.7. The van der Waals surface area contributed by atoms with Crippen molar-refractivity contribution in [2.24, 2.45) is 5.10 Å². The molecular weight excluding hydrogens is 524 g/mol. The predicted octanol–water partition coefficient (Wildman–Crippen LogP) is 6.69. The van der Waals surface area contributed by atoms with Gasteiger partial charge in [0.05, 0.1) is 11.9 Å². The summed E-state index contributed by atoms with van der Waals surface area (Å²) in [6.07, 6.45) is 2.69. The molecule has 0 aliphatic rings. The van der Waals surface area contributed by atoms with Crippen molar-refractivity contribution in [1.82, 2.24) is 15.2 Å². The molecule has 7 nitrogen and oxygen atoms in total. The van der Waals surface area contributed by atoms with Crippen LogP contribution in [0.15, 0.2) is 120 Å². The van der Waals surface area contributed by atoms with Crippen molar-refractivity contribution in [2.45, 2.75) is 19.6 Å². The number of benzene rings is 4. The maximum absolute atomic E-state index is 12.6. The second-order valence-electron chi connectivity index (χ2n) is 8.96. The lowest BCUT2D eigenvalue weighted by atomic mass is 10.1. The SMILES string of the molecule is C[C@@H](Oc1ccc(Cl)cc1)C(=O)N/N=C\c1cn(-c2ccccc2)nc1-c1ccc(OCc2ccccc2)cc1. The molecule has 0 saturated carbocycles. The van der Waals surface area contributed by atoms with Gasteiger partial charge in [0.2, 0.25) is 0 Å². The summed E-state index contributed by atoms with van der Waals surface area (Å²) in [5.74, 6) is 0.911. The molecule has 1 amide bonds. The van der Waals surface area contributed by atoms with Crippen LogP contribution in [0.25, 0.3) is 16.9 Å². The van der Waals surface area contributed by atoms with Gasteiger partial charge in [-0.1, -0.05) is 60.1 Å². The standard InChI is InChI=1S/C32H27ClN4O3/c1-23(40-30-18-14-27(33)15-19-30)32(38)35-34-20-26-21-37(28-10-6-3-7-11-28)36-31(26)25-12-16-29(17-13-25)39-22-24-8-4-2-5-9-24/h2-21,23H,22H2,1H3,(H,35,38)/b34-20-/t23-/m1/s1. The van der Waals surface area contributed by atoms with Gasteiger partial charge in [0.25, 0.3) is 5.91 Å². The molecule has 5 aromatic rings. The van der Waals surface area contributed by atoms with E-state index < -0.39 is 6.10 Å². The van der Waals surface area contributed by atoms with Crippen molar-refractivity contribution in [2.75, 3.05) is 0 Å². The van der Waals surface area contributed by atoms with Crippen LogP contribution in [0.3, 0.4) is 0 Å². The van der Waals surface area contributed by atoms with Crippen LogP contribution in [0.1, 0.15) is 18.1 Å². The van der Waals surface area contributed by atoms with Gasteiger partial charge in [-0.2, -0.15) is 10.2 Å². The van der Waals surface area contributed by atoms with Crippen LogP contribution in [-0.4, -0.2) is 28.0 Å². The second kappa shape index (κ2) is 12.8. The number of hydrazone groups is 1. The Morgan fingerprint density at radius 2 is 1.57 bits per heavy atom. The summed E-state index contributed by atoms with van der Waals surface area (Å²) in [6.45, 7) is 2.14. The lowest BCUT2D eigenvalue weighted by molar-refractivity contribution is -0.127. The van der Waals surface area contributed by atoms with Crippen molar-refractivity contribution in [3.8, 4) is 28.4 Å². The first-order valence-corrected chi connectivity index (χ1v) is 13.1. The van der Waals surface area contributed by atoms with E-state index >= 15 is 0 Å². The Labute approximate surface area is 237 Å². The molecule has 8 heteroatoms. The van der Waals surface area contributed by atoms with Gasteiger partial charge in [-0.25, -0.2) is 10.1 Å². The molecule has 200 valence electrons. The van der Waals surface area contributed by atoms with Crippen LogP contribution in [0.5, 0.6) is 11.5 Å². The summed E-state index contributed by atoms with van der Waals surface area (Å²) in [5.41, 5.74) is 6.88. The molecule has 4 aromatic carbocycles. The number of hydrogen-bond acceptors (Lipinski definition) is 5. The van der Waals surface area contributed by atoms with Crippen molar-refractivity contribution in [3.05, 3.63) is 132 Å². The van der Waals surface area contributed by atoms with Gasteiger partial charge in [0.15, 0.2) is 6.10 Å². The number of amides is 1. The van der Waals surface area contributed by atoms with Gasteiger partial charge in [-0.05, 0) is 73.2 Å². The Bertz CT molecular complexity index is 1570. The van der Waals surface area contributed by atoms with Gasteiger partial charge in [-0.3, -0.25) is 4.79 Å². The van der Waals surface area contributed by atoms with Gasteiger partial charge in [0.1, 0.15) is 23.8 Å². The second-order valence-corrected chi connectivity index (χ2v) is 9.40. The molecule has 1 atom stereocenters. The third kappa shape index (κ3) is 6.95. The third-order valence-electron chi connectivity index (χ3n) is 6.01. The first-order chi connectivity index (χ1) is 19.5. The largest absolute Gasteiger partial charge is 0.489 e. The molecule has 1 heterocycles. The zero-order valence-corrected chi connectivity index (χ0v) is 22.5. The molecule has 0 unspecified atom stereocenters. The predicted molar refractivity (Wildman–Crippen MR) is 157 cm³/mol. The van der Waals surface area contributed by atoms with Crippen LogP contribution in [0.2, 0.25) is 5.02 Å². The van der Waals surface area contributed by atoms with E-state index in [-0.39, 0.29) is 5.91 Å². The highest BCUT2D eigenvalue weighted by atomic mass is 35.5. The van der Waals surface area contributed by atoms with E-state index in [9.17, 15) is 4.79 Å². The Balaban J connectivity index is 1.31. The van der Waals surface area contributed by atoms with Crippen molar-refractivity contribution in [1.29, 1.82) is 0 Å². The lowest BCUT2D eigenvalue weighted by Gasteiger charge is -2.12. The lowest BCUT2D eigenvalue weighted by Crippen LogP contribution is -2.33. The van der Waals surface area contributed by atoms with Crippen LogP contribution in [-0.2, 0) is 11.4 Å². The monoisotopic (exact) mass is 550 g/mol. The number of rotatable bonds is 10. The molecule has 0 bridgehead atoms. The number of carbonyl (C=O) groups excluding carboxylic acids is 1. The van der Waals surface area contributed by atoms with Crippen molar-refractivity contribution >= 4 is 23.7 Å². The number of ether oxygens (including phenoxy) is 2. The zero-order valence-electron chi connectivity index (χ0n) is 21.8. The van der Waals surface area contributed by atoms with Crippen molar-refractivity contribution < 1.29 is 14.3 Å². The van der Waals surface area contributed by atoms with E-state index in [2.05, 4.69) is 10.5 Å². The fourth-order valence-electron chi connectivity index (χ4n) is 3.90. The Hall–Kier alpha value is -4.88. The quantitative estimate of drug-likeness (QED) is 0.155. The number of hydrogen-bond donors (Lipinski definition) is 1. The third-order valence-corrected chi connectivity index (χ3v) is 6.27. The number of aromatic nitrogens is 2. The van der Waals surface area contributed by atoms with E-state index in [0.717, 1.165) is 28.1 Å². The maximum Gasteiger partial charge on any atom is 0.280 e. The smallest absolute Gasteiger partial charge is 0.280 e.